The van der Waals surface area contributed by atoms with Gasteiger partial charge in [-0.3, -0.25) is 0 Å². The van der Waals surface area contributed by atoms with E-state index >= 15 is 0 Å². The first kappa shape index (κ1) is 15.4. The third-order valence-electron chi connectivity index (χ3n) is 2.81. The predicted octanol–water partition coefficient (Wildman–Crippen LogP) is 3.47. The van der Waals surface area contributed by atoms with Gasteiger partial charge in [-0.2, -0.15) is 0 Å². The second-order valence-electron chi connectivity index (χ2n) is 4.67. The van der Waals surface area contributed by atoms with Crippen LogP contribution in [0.5, 0.6) is 0 Å². The predicted molar refractivity (Wildman–Crippen MR) is 81.5 cm³/mol. The summed E-state index contributed by atoms with van der Waals surface area (Å²) in [7, 11) is -3.62. The van der Waals surface area contributed by atoms with Gasteiger partial charge in [0.2, 0.25) is 10.0 Å². The molecule has 0 saturated heterocycles. The standard InChI is InChI=1S/C13H15ClN2O2S2/c1-9(2)13(11-4-3-7-19-11)16-20(17,18)10-5-6-15-12(14)8-10/h3-9,13,16H,1-2H3. The quantitative estimate of drug-likeness (QED) is 0.854. The number of aromatic nitrogens is 1. The summed E-state index contributed by atoms with van der Waals surface area (Å²) in [5, 5.41) is 2.09. The smallest absolute Gasteiger partial charge is 0.241 e. The zero-order valence-corrected chi connectivity index (χ0v) is 13.5. The Morgan fingerprint density at radius 2 is 2.10 bits per heavy atom. The van der Waals surface area contributed by atoms with Crippen molar-refractivity contribution in [2.45, 2.75) is 24.8 Å². The normalized spacial score (nSPS) is 13.6. The number of hydrogen-bond acceptors (Lipinski definition) is 4. The highest BCUT2D eigenvalue weighted by atomic mass is 35.5. The van der Waals surface area contributed by atoms with Crippen molar-refractivity contribution in [1.82, 2.24) is 9.71 Å². The second-order valence-corrected chi connectivity index (χ2v) is 7.75. The van der Waals surface area contributed by atoms with E-state index < -0.39 is 10.0 Å². The topological polar surface area (TPSA) is 59.1 Å². The van der Waals surface area contributed by atoms with E-state index in [1.807, 2.05) is 31.4 Å². The molecule has 1 unspecified atom stereocenters. The molecule has 0 radical (unpaired) electrons. The molecule has 4 nitrogen and oxygen atoms in total. The van der Waals surface area contributed by atoms with Gasteiger partial charge in [0.05, 0.1) is 10.9 Å². The van der Waals surface area contributed by atoms with Crippen molar-refractivity contribution in [2.75, 3.05) is 0 Å². The lowest BCUT2D eigenvalue weighted by Gasteiger charge is -2.21. The summed E-state index contributed by atoms with van der Waals surface area (Å²) >= 11 is 7.28. The van der Waals surface area contributed by atoms with Crippen LogP contribution in [0.4, 0.5) is 0 Å². The molecule has 1 N–H and O–H groups in total. The molecule has 0 amide bonds. The van der Waals surface area contributed by atoms with E-state index in [0.29, 0.717) is 0 Å². The summed E-state index contributed by atoms with van der Waals surface area (Å²) in [6, 6.07) is 6.35. The Hall–Kier alpha value is -0.950. The Kier molecular flexibility index (Phi) is 4.80. The molecule has 2 aromatic rings. The molecule has 0 fully saturated rings. The summed E-state index contributed by atoms with van der Waals surface area (Å²) in [5.41, 5.74) is 0. The number of rotatable bonds is 5. The lowest BCUT2D eigenvalue weighted by atomic mass is 10.0. The maximum absolute atomic E-state index is 12.4. The molecule has 0 aliphatic carbocycles. The lowest BCUT2D eigenvalue weighted by molar-refractivity contribution is 0.469. The average molecular weight is 331 g/mol. The molecule has 108 valence electrons. The van der Waals surface area contributed by atoms with E-state index in [4.69, 9.17) is 11.6 Å². The molecule has 1 atom stereocenters. The monoisotopic (exact) mass is 330 g/mol. The molecule has 2 aromatic heterocycles. The van der Waals surface area contributed by atoms with Crippen molar-refractivity contribution in [2.24, 2.45) is 5.92 Å². The van der Waals surface area contributed by atoms with Crippen molar-refractivity contribution in [1.29, 1.82) is 0 Å². The number of thiophene rings is 1. The highest BCUT2D eigenvalue weighted by Crippen LogP contribution is 2.27. The van der Waals surface area contributed by atoms with Crippen LogP contribution in [0.1, 0.15) is 24.8 Å². The third-order valence-corrected chi connectivity index (χ3v) is 5.41. The van der Waals surface area contributed by atoms with Crippen LogP contribution in [0.25, 0.3) is 0 Å². The van der Waals surface area contributed by atoms with Crippen LogP contribution in [0.15, 0.2) is 40.7 Å². The van der Waals surface area contributed by atoms with Crippen molar-refractivity contribution in [3.05, 3.63) is 45.9 Å². The van der Waals surface area contributed by atoms with Gasteiger partial charge in [-0.05, 0) is 29.5 Å². The van der Waals surface area contributed by atoms with Crippen molar-refractivity contribution < 1.29 is 8.42 Å². The fourth-order valence-corrected chi connectivity index (χ4v) is 4.42. The molecule has 0 saturated carbocycles. The van der Waals surface area contributed by atoms with Gasteiger partial charge in [0.1, 0.15) is 5.15 Å². The van der Waals surface area contributed by atoms with Crippen LogP contribution >= 0.6 is 22.9 Å². The van der Waals surface area contributed by atoms with Crippen molar-refractivity contribution in [3.8, 4) is 0 Å². The van der Waals surface area contributed by atoms with Crippen molar-refractivity contribution in [3.63, 3.8) is 0 Å². The van der Waals surface area contributed by atoms with E-state index in [2.05, 4.69) is 9.71 Å². The lowest BCUT2D eigenvalue weighted by Crippen LogP contribution is -2.31. The molecular formula is C13H15ClN2O2S2. The number of sulfonamides is 1. The number of halogens is 1. The minimum absolute atomic E-state index is 0.125. The van der Waals surface area contributed by atoms with Crippen LogP contribution in [0.2, 0.25) is 5.15 Å². The van der Waals surface area contributed by atoms with Crippen LogP contribution < -0.4 is 4.72 Å². The fraction of sp³-hybridized carbons (Fsp3) is 0.308. The Bertz CT molecular complexity index is 669. The largest absolute Gasteiger partial charge is 0.244 e. The minimum atomic E-state index is -3.62. The number of pyridine rings is 1. The Balaban J connectivity index is 2.31. The van der Waals surface area contributed by atoms with Gasteiger partial charge in [-0.25, -0.2) is 18.1 Å². The van der Waals surface area contributed by atoms with Gasteiger partial charge in [0, 0.05) is 11.1 Å². The van der Waals surface area contributed by atoms with Gasteiger partial charge in [-0.15, -0.1) is 11.3 Å². The zero-order valence-electron chi connectivity index (χ0n) is 11.1. The summed E-state index contributed by atoms with van der Waals surface area (Å²) in [6.45, 7) is 3.96. The number of hydrogen-bond donors (Lipinski definition) is 1. The van der Waals surface area contributed by atoms with E-state index in [-0.39, 0.29) is 22.0 Å². The highest BCUT2D eigenvalue weighted by molar-refractivity contribution is 7.89. The zero-order chi connectivity index (χ0) is 14.8. The first-order valence-electron chi connectivity index (χ1n) is 6.07. The minimum Gasteiger partial charge on any atom is -0.244 e. The van der Waals surface area contributed by atoms with Gasteiger partial charge in [0.25, 0.3) is 0 Å². The van der Waals surface area contributed by atoms with E-state index in [9.17, 15) is 8.42 Å². The molecule has 0 aliphatic rings. The first-order chi connectivity index (χ1) is 9.40. The molecule has 2 rings (SSSR count). The molecule has 2 heterocycles. The van der Waals surface area contributed by atoms with Gasteiger partial charge in [-0.1, -0.05) is 31.5 Å². The molecule has 20 heavy (non-hydrogen) atoms. The van der Waals surface area contributed by atoms with Crippen LogP contribution in [0.3, 0.4) is 0 Å². The molecule has 0 bridgehead atoms. The van der Waals surface area contributed by atoms with Crippen LogP contribution in [0, 0.1) is 5.92 Å². The first-order valence-corrected chi connectivity index (χ1v) is 8.81. The van der Waals surface area contributed by atoms with Crippen LogP contribution in [-0.2, 0) is 10.0 Å². The fourth-order valence-electron chi connectivity index (χ4n) is 1.78. The molecular weight excluding hydrogens is 316 g/mol. The maximum Gasteiger partial charge on any atom is 0.241 e. The van der Waals surface area contributed by atoms with Gasteiger partial charge in [0.15, 0.2) is 0 Å². The number of nitrogens with one attached hydrogen (secondary N) is 1. The Morgan fingerprint density at radius 3 is 2.65 bits per heavy atom. The Morgan fingerprint density at radius 1 is 1.35 bits per heavy atom. The van der Waals surface area contributed by atoms with Gasteiger partial charge >= 0.3 is 0 Å². The van der Waals surface area contributed by atoms with Crippen LogP contribution in [-0.4, -0.2) is 13.4 Å². The van der Waals surface area contributed by atoms with Crippen molar-refractivity contribution >= 4 is 33.0 Å². The molecule has 7 heteroatoms. The third kappa shape index (κ3) is 3.58. The summed E-state index contributed by atoms with van der Waals surface area (Å²) in [6.07, 6.45) is 1.38. The molecule has 0 spiro atoms. The second kappa shape index (κ2) is 6.22. The van der Waals surface area contributed by atoms with E-state index in [1.165, 1.54) is 29.7 Å². The summed E-state index contributed by atoms with van der Waals surface area (Å²) in [4.78, 5) is 4.91. The van der Waals surface area contributed by atoms with E-state index in [0.717, 1.165) is 4.88 Å². The maximum atomic E-state index is 12.4. The van der Waals surface area contributed by atoms with Gasteiger partial charge < -0.3 is 0 Å². The Labute approximate surface area is 127 Å². The molecule has 0 aliphatic heterocycles. The molecule has 0 aromatic carbocycles. The highest BCUT2D eigenvalue weighted by Gasteiger charge is 2.24. The summed E-state index contributed by atoms with van der Waals surface area (Å²) < 4.78 is 27.5. The van der Waals surface area contributed by atoms with E-state index in [1.54, 1.807) is 0 Å². The summed E-state index contributed by atoms with van der Waals surface area (Å²) in [5.74, 6) is 0.140. The SMILES string of the molecule is CC(C)C(NS(=O)(=O)c1ccnc(Cl)c1)c1cccs1. The number of nitrogens with zero attached hydrogens (tertiary/aromatic N) is 1. The average Bonchev–Trinajstić information content (AvgIpc) is 2.89.